The van der Waals surface area contributed by atoms with Gasteiger partial charge in [0.15, 0.2) is 0 Å². The number of amides is 1. The first-order chi connectivity index (χ1) is 15.0. The Balaban J connectivity index is 1.74. The second kappa shape index (κ2) is 9.98. The summed E-state index contributed by atoms with van der Waals surface area (Å²) in [6.45, 7) is 0. The monoisotopic (exact) mass is 412 g/mol. The van der Waals surface area contributed by atoms with Crippen LogP contribution in [0.25, 0.3) is 0 Å². The van der Waals surface area contributed by atoms with Crippen molar-refractivity contribution in [3.63, 3.8) is 0 Å². The van der Waals surface area contributed by atoms with E-state index < -0.39 is 0 Å². The van der Waals surface area contributed by atoms with Gasteiger partial charge in [0.1, 0.15) is 12.2 Å². The lowest BCUT2D eigenvalue weighted by molar-refractivity contribution is -0.116. The molecule has 0 heterocycles. The van der Waals surface area contributed by atoms with Crippen molar-refractivity contribution in [2.75, 3.05) is 11.1 Å². The number of aliphatic imine (C=N–C) groups is 1. The number of nitrogens with one attached hydrogen (secondary N) is 3. The van der Waals surface area contributed by atoms with Crippen LogP contribution in [0.15, 0.2) is 77.8 Å². The van der Waals surface area contributed by atoms with Crippen molar-refractivity contribution in [3.8, 4) is 0 Å². The molecule has 0 atom stereocenters. The first kappa shape index (κ1) is 21.4. The third-order valence-corrected chi connectivity index (χ3v) is 4.74. The van der Waals surface area contributed by atoms with Gasteiger partial charge < -0.3 is 16.8 Å². The van der Waals surface area contributed by atoms with Crippen LogP contribution in [0, 0.1) is 10.8 Å². The zero-order valence-electron chi connectivity index (χ0n) is 16.9. The maximum atomic E-state index is 12.3. The number of hydrogen-bond donors (Lipinski definition) is 5. The summed E-state index contributed by atoms with van der Waals surface area (Å²) in [6.07, 6.45) is 1.89. The molecule has 0 aliphatic rings. The summed E-state index contributed by atoms with van der Waals surface area (Å²) in [5.74, 6) is 0.0770. The van der Waals surface area contributed by atoms with Crippen molar-refractivity contribution < 1.29 is 4.79 Å². The molecule has 3 aromatic carbocycles. The molecule has 0 aliphatic heterocycles. The van der Waals surface area contributed by atoms with Gasteiger partial charge in [0.2, 0.25) is 5.91 Å². The van der Waals surface area contributed by atoms with Crippen LogP contribution in [0.1, 0.15) is 28.7 Å². The van der Waals surface area contributed by atoms with E-state index in [0.717, 1.165) is 11.9 Å². The Morgan fingerprint density at radius 2 is 1.77 bits per heavy atom. The quantitative estimate of drug-likeness (QED) is 0.219. The van der Waals surface area contributed by atoms with Gasteiger partial charge in [0.05, 0.1) is 5.71 Å². The minimum absolute atomic E-state index is 0.0929. The highest BCUT2D eigenvalue weighted by atomic mass is 16.1. The molecule has 7 nitrogen and oxygen atoms in total. The average Bonchev–Trinajstić information content (AvgIpc) is 2.78. The standard InChI is InChI=1S/C24H24N6O/c25-15-29-24(28)18-10-11-21(26)20(14-18)23(27)17-7-4-8-19(13-17)30-22(31)12-9-16-5-2-1-3-6-16/h1-8,10-11,13-15,27H,9,12,26H2,(H,30,31)(H3,25,28,29). The number of benzene rings is 3. The van der Waals surface area contributed by atoms with E-state index >= 15 is 0 Å². The van der Waals surface area contributed by atoms with Gasteiger partial charge >= 0.3 is 0 Å². The number of carbonyl (C=O) groups excluding carboxylic acids is 1. The molecule has 156 valence electrons. The van der Waals surface area contributed by atoms with E-state index in [2.05, 4.69) is 10.3 Å². The maximum Gasteiger partial charge on any atom is 0.224 e. The molecule has 0 radical (unpaired) electrons. The fraction of sp³-hybridized carbons (Fsp3) is 0.0833. The van der Waals surface area contributed by atoms with Crippen LogP contribution in [-0.2, 0) is 11.2 Å². The molecular formula is C24H24N6O. The second-order valence-electron chi connectivity index (χ2n) is 6.94. The van der Waals surface area contributed by atoms with Crippen molar-refractivity contribution in [2.45, 2.75) is 12.8 Å². The third-order valence-electron chi connectivity index (χ3n) is 4.74. The Morgan fingerprint density at radius 3 is 2.52 bits per heavy atom. The number of rotatable bonds is 8. The van der Waals surface area contributed by atoms with E-state index in [1.165, 1.54) is 0 Å². The predicted octanol–water partition coefficient (Wildman–Crippen LogP) is 3.57. The van der Waals surface area contributed by atoms with Crippen molar-refractivity contribution in [2.24, 2.45) is 10.7 Å². The van der Waals surface area contributed by atoms with Crippen molar-refractivity contribution in [1.82, 2.24) is 0 Å². The van der Waals surface area contributed by atoms with Gasteiger partial charge in [-0.2, -0.15) is 0 Å². The number of nitrogen functional groups attached to an aromatic ring is 1. The second-order valence-corrected chi connectivity index (χ2v) is 6.94. The largest absolute Gasteiger partial charge is 0.398 e. The van der Waals surface area contributed by atoms with Gasteiger partial charge in [-0.15, -0.1) is 0 Å². The molecule has 0 spiro atoms. The highest BCUT2D eigenvalue weighted by molar-refractivity contribution is 6.15. The van der Waals surface area contributed by atoms with Gasteiger partial charge in [-0.25, -0.2) is 4.99 Å². The van der Waals surface area contributed by atoms with E-state index in [4.69, 9.17) is 22.3 Å². The molecule has 0 fully saturated rings. The predicted molar refractivity (Wildman–Crippen MR) is 126 cm³/mol. The molecule has 0 bridgehead atoms. The molecule has 0 aliphatic carbocycles. The summed E-state index contributed by atoms with van der Waals surface area (Å²) in [6, 6.07) is 21.9. The van der Waals surface area contributed by atoms with E-state index in [0.29, 0.717) is 40.9 Å². The number of nitrogens with two attached hydrogens (primary N) is 2. The lowest BCUT2D eigenvalue weighted by atomic mass is 9.98. The minimum Gasteiger partial charge on any atom is -0.398 e. The third kappa shape index (κ3) is 5.63. The molecule has 7 heteroatoms. The summed E-state index contributed by atoms with van der Waals surface area (Å²) in [5, 5.41) is 18.6. The van der Waals surface area contributed by atoms with E-state index in [1.54, 1.807) is 42.5 Å². The number of aryl methyl sites for hydroxylation is 1. The Kier molecular flexibility index (Phi) is 6.90. The molecule has 31 heavy (non-hydrogen) atoms. The van der Waals surface area contributed by atoms with Gasteiger partial charge in [0, 0.05) is 34.5 Å². The first-order valence-electron chi connectivity index (χ1n) is 9.73. The lowest BCUT2D eigenvalue weighted by Crippen LogP contribution is -2.16. The van der Waals surface area contributed by atoms with Gasteiger partial charge in [-0.05, 0) is 42.3 Å². The summed E-state index contributed by atoms with van der Waals surface area (Å²) in [4.78, 5) is 16.1. The van der Waals surface area contributed by atoms with Crippen LogP contribution < -0.4 is 16.8 Å². The number of amidine groups is 1. The topological polar surface area (TPSA) is 141 Å². The Labute approximate surface area is 180 Å². The number of carbonyl (C=O) groups is 1. The van der Waals surface area contributed by atoms with Crippen molar-refractivity contribution in [1.29, 1.82) is 10.8 Å². The number of nitrogens with zero attached hydrogens (tertiary/aromatic N) is 1. The lowest BCUT2D eigenvalue weighted by Gasteiger charge is -2.12. The molecule has 0 unspecified atom stereocenters. The molecule has 0 aromatic heterocycles. The molecule has 7 N–H and O–H groups in total. The summed E-state index contributed by atoms with van der Waals surface area (Å²) in [5.41, 5.74) is 15.9. The van der Waals surface area contributed by atoms with E-state index in [1.807, 2.05) is 30.3 Å². The zero-order valence-corrected chi connectivity index (χ0v) is 16.9. The van der Waals surface area contributed by atoms with Crippen LogP contribution in [0.5, 0.6) is 0 Å². The molecule has 0 saturated heterocycles. The number of anilines is 2. The van der Waals surface area contributed by atoms with Crippen molar-refractivity contribution >= 4 is 35.2 Å². The highest BCUT2D eigenvalue weighted by Crippen LogP contribution is 2.21. The fourth-order valence-electron chi connectivity index (χ4n) is 3.11. The van der Waals surface area contributed by atoms with Crippen LogP contribution in [0.3, 0.4) is 0 Å². The van der Waals surface area contributed by atoms with E-state index in [9.17, 15) is 4.79 Å². The van der Waals surface area contributed by atoms with Crippen LogP contribution in [0.4, 0.5) is 11.4 Å². The fourth-order valence-corrected chi connectivity index (χ4v) is 3.11. The SMILES string of the molecule is N=CN=C(N)c1ccc(N)c(C(=N)c2cccc(NC(=O)CCc3ccccc3)c2)c1. The molecule has 1 amide bonds. The van der Waals surface area contributed by atoms with E-state index in [-0.39, 0.29) is 17.5 Å². The van der Waals surface area contributed by atoms with Crippen LogP contribution in [-0.4, -0.2) is 23.8 Å². The summed E-state index contributed by atoms with van der Waals surface area (Å²) >= 11 is 0. The maximum absolute atomic E-state index is 12.3. The number of hydrogen-bond acceptors (Lipinski definition) is 4. The summed E-state index contributed by atoms with van der Waals surface area (Å²) in [7, 11) is 0. The first-order valence-corrected chi connectivity index (χ1v) is 9.73. The zero-order chi connectivity index (χ0) is 22.2. The Hall–Kier alpha value is -4.26. The van der Waals surface area contributed by atoms with Crippen LogP contribution >= 0.6 is 0 Å². The minimum atomic E-state index is -0.0929. The van der Waals surface area contributed by atoms with Gasteiger partial charge in [-0.1, -0.05) is 42.5 Å². The van der Waals surface area contributed by atoms with Crippen molar-refractivity contribution in [3.05, 3.63) is 95.1 Å². The molecule has 3 rings (SSSR count). The normalized spacial score (nSPS) is 11.0. The molecular weight excluding hydrogens is 388 g/mol. The van der Waals surface area contributed by atoms with Crippen LogP contribution in [0.2, 0.25) is 0 Å². The van der Waals surface area contributed by atoms with Gasteiger partial charge in [-0.3, -0.25) is 15.6 Å². The smallest absolute Gasteiger partial charge is 0.224 e. The Morgan fingerprint density at radius 1 is 1.00 bits per heavy atom. The Bertz CT molecular complexity index is 1140. The molecule has 0 saturated carbocycles. The average molecular weight is 412 g/mol. The summed E-state index contributed by atoms with van der Waals surface area (Å²) < 4.78 is 0. The molecule has 3 aromatic rings. The van der Waals surface area contributed by atoms with Gasteiger partial charge in [0.25, 0.3) is 0 Å². The highest BCUT2D eigenvalue weighted by Gasteiger charge is 2.12.